The third-order valence-electron chi connectivity index (χ3n) is 3.26. The lowest BCUT2D eigenvalue weighted by atomic mass is 10.00. The van der Waals surface area contributed by atoms with Crippen LogP contribution in [0.25, 0.3) is 0 Å². The maximum Gasteiger partial charge on any atom is 0.331 e. The molecule has 3 rings (SSSR count). The van der Waals surface area contributed by atoms with Crippen LogP contribution in [0.1, 0.15) is 22.2 Å². The van der Waals surface area contributed by atoms with Crippen LogP contribution in [0.15, 0.2) is 23.8 Å². The van der Waals surface area contributed by atoms with Crippen molar-refractivity contribution in [1.29, 1.82) is 5.26 Å². The first-order valence-electron chi connectivity index (χ1n) is 5.99. The number of thiophene rings is 1. The van der Waals surface area contributed by atoms with Gasteiger partial charge in [-0.05, 0) is 23.4 Å². The Bertz CT molecular complexity index is 706. The fourth-order valence-corrected chi connectivity index (χ4v) is 3.33. The largest absolute Gasteiger partial charge is 0.479 e. The van der Waals surface area contributed by atoms with Crippen molar-refractivity contribution < 1.29 is 9.90 Å². The van der Waals surface area contributed by atoms with Crippen LogP contribution in [0.2, 0.25) is 0 Å². The van der Waals surface area contributed by atoms with Gasteiger partial charge >= 0.3 is 5.97 Å². The minimum Gasteiger partial charge on any atom is -0.479 e. The van der Waals surface area contributed by atoms with E-state index < -0.39 is 12.0 Å². The number of carbonyl (C=O) groups is 1. The molecule has 0 aliphatic carbocycles. The topological polar surface area (TPSA) is 90.1 Å². The third kappa shape index (κ3) is 1.90. The number of aromatic nitrogens is 2. The first kappa shape index (κ1) is 12.6. The summed E-state index contributed by atoms with van der Waals surface area (Å²) in [7, 11) is 0. The second-order valence-electron chi connectivity index (χ2n) is 4.32. The Hall–Kier alpha value is -2.46. The molecule has 2 aromatic heterocycles. The highest BCUT2D eigenvalue weighted by molar-refractivity contribution is 7.10. The zero-order chi connectivity index (χ0) is 14.1. The summed E-state index contributed by atoms with van der Waals surface area (Å²) in [6, 6.07) is 2.98. The van der Waals surface area contributed by atoms with Crippen LogP contribution >= 0.6 is 11.3 Å². The minimum absolute atomic E-state index is 0.150. The van der Waals surface area contributed by atoms with Gasteiger partial charge in [0.15, 0.2) is 17.6 Å². The molecule has 1 unspecified atom stereocenters. The van der Waals surface area contributed by atoms with E-state index >= 15 is 0 Å². The maximum absolute atomic E-state index is 11.6. The second-order valence-corrected chi connectivity index (χ2v) is 5.32. The van der Waals surface area contributed by atoms with Crippen LogP contribution in [0, 0.1) is 11.3 Å². The van der Waals surface area contributed by atoms with Crippen molar-refractivity contribution in [2.75, 3.05) is 11.4 Å². The summed E-state index contributed by atoms with van der Waals surface area (Å²) >= 11 is 1.56. The Morgan fingerprint density at radius 2 is 2.30 bits per heavy atom. The van der Waals surface area contributed by atoms with Crippen LogP contribution in [-0.4, -0.2) is 27.6 Å². The highest BCUT2D eigenvalue weighted by Gasteiger charge is 2.35. The summed E-state index contributed by atoms with van der Waals surface area (Å²) in [5.74, 6) is -0.613. The number of fused-ring (bicyclic) bond motifs is 1. The van der Waals surface area contributed by atoms with Gasteiger partial charge in [-0.25, -0.2) is 14.8 Å². The number of carboxylic acids is 1. The Labute approximate surface area is 118 Å². The van der Waals surface area contributed by atoms with Gasteiger partial charge in [0.05, 0.1) is 0 Å². The standard InChI is InChI=1S/C13H10N4O2S/c14-7-9-12(16-4-3-15-9)17-5-1-10-8(2-6-20-10)11(17)13(18)19/h2-4,6,11H,1,5H2,(H,18,19). The van der Waals surface area contributed by atoms with E-state index in [4.69, 9.17) is 5.26 Å². The summed E-state index contributed by atoms with van der Waals surface area (Å²) in [6.07, 6.45) is 3.65. The minimum atomic E-state index is -0.945. The molecule has 100 valence electrons. The lowest BCUT2D eigenvalue weighted by Crippen LogP contribution is -2.40. The molecule has 0 radical (unpaired) electrons. The van der Waals surface area contributed by atoms with E-state index in [9.17, 15) is 9.90 Å². The average molecular weight is 286 g/mol. The molecule has 2 aromatic rings. The van der Waals surface area contributed by atoms with E-state index in [1.807, 2.05) is 17.5 Å². The normalized spacial score (nSPS) is 17.4. The SMILES string of the molecule is N#Cc1nccnc1N1CCc2sccc2C1C(=O)O. The third-order valence-corrected chi connectivity index (χ3v) is 4.25. The summed E-state index contributed by atoms with van der Waals surface area (Å²) in [4.78, 5) is 22.5. The van der Waals surface area contributed by atoms with E-state index in [1.54, 1.807) is 16.2 Å². The van der Waals surface area contributed by atoms with E-state index in [1.165, 1.54) is 12.4 Å². The first-order chi connectivity index (χ1) is 9.72. The van der Waals surface area contributed by atoms with Crippen LogP contribution < -0.4 is 4.90 Å². The number of hydrogen-bond acceptors (Lipinski definition) is 6. The molecule has 7 heteroatoms. The fourth-order valence-electron chi connectivity index (χ4n) is 2.43. The molecule has 0 saturated heterocycles. The van der Waals surface area contributed by atoms with Crippen molar-refractivity contribution in [3.05, 3.63) is 40.0 Å². The lowest BCUT2D eigenvalue weighted by molar-refractivity contribution is -0.138. The molecular formula is C13H10N4O2S. The Morgan fingerprint density at radius 1 is 1.50 bits per heavy atom. The zero-order valence-corrected chi connectivity index (χ0v) is 11.2. The van der Waals surface area contributed by atoms with Gasteiger partial charge in [0.25, 0.3) is 0 Å². The molecule has 0 fully saturated rings. The number of carboxylic acid groups (broad SMARTS) is 1. The highest BCUT2D eigenvalue weighted by atomic mass is 32.1. The van der Waals surface area contributed by atoms with E-state index in [0.717, 1.165) is 16.9 Å². The molecule has 1 aliphatic heterocycles. The molecule has 1 aliphatic rings. The maximum atomic E-state index is 11.6. The van der Waals surface area contributed by atoms with Gasteiger partial charge < -0.3 is 10.0 Å². The number of rotatable bonds is 2. The van der Waals surface area contributed by atoms with Crippen molar-refractivity contribution in [3.8, 4) is 6.07 Å². The number of aliphatic carboxylic acids is 1. The van der Waals surface area contributed by atoms with Crippen LogP contribution in [0.3, 0.4) is 0 Å². The molecule has 20 heavy (non-hydrogen) atoms. The number of nitrogens with zero attached hydrogens (tertiary/aromatic N) is 4. The smallest absolute Gasteiger partial charge is 0.331 e. The van der Waals surface area contributed by atoms with Gasteiger partial charge in [0.2, 0.25) is 0 Å². The Balaban J connectivity index is 2.10. The summed E-state index contributed by atoms with van der Waals surface area (Å²) in [5.41, 5.74) is 0.931. The molecule has 1 atom stereocenters. The summed E-state index contributed by atoms with van der Waals surface area (Å²) in [5, 5.41) is 20.5. The van der Waals surface area contributed by atoms with Crippen LogP contribution in [0.4, 0.5) is 5.82 Å². The number of anilines is 1. The highest BCUT2D eigenvalue weighted by Crippen LogP contribution is 2.36. The van der Waals surface area contributed by atoms with Crippen molar-refractivity contribution in [1.82, 2.24) is 9.97 Å². The van der Waals surface area contributed by atoms with Crippen molar-refractivity contribution >= 4 is 23.1 Å². The number of nitriles is 1. The Kier molecular flexibility index (Phi) is 3.08. The molecule has 0 bridgehead atoms. The van der Waals surface area contributed by atoms with Gasteiger partial charge in [-0.3, -0.25) is 0 Å². The van der Waals surface area contributed by atoms with E-state index in [-0.39, 0.29) is 5.69 Å². The molecule has 0 saturated carbocycles. The molecule has 0 spiro atoms. The molecule has 0 amide bonds. The average Bonchev–Trinajstić information content (AvgIpc) is 2.94. The second kappa shape index (κ2) is 4.90. The summed E-state index contributed by atoms with van der Waals surface area (Å²) in [6.45, 7) is 0.512. The van der Waals surface area contributed by atoms with Gasteiger partial charge in [0.1, 0.15) is 6.07 Å². The van der Waals surface area contributed by atoms with E-state index in [2.05, 4.69) is 9.97 Å². The van der Waals surface area contributed by atoms with Gasteiger partial charge in [-0.1, -0.05) is 0 Å². The molecule has 1 N–H and O–H groups in total. The zero-order valence-electron chi connectivity index (χ0n) is 10.4. The fraction of sp³-hybridized carbons (Fsp3) is 0.231. The van der Waals surface area contributed by atoms with Crippen molar-refractivity contribution in [3.63, 3.8) is 0 Å². The van der Waals surface area contributed by atoms with Gasteiger partial charge in [-0.15, -0.1) is 11.3 Å². The monoisotopic (exact) mass is 286 g/mol. The molecular weight excluding hydrogens is 276 g/mol. The van der Waals surface area contributed by atoms with Gasteiger partial charge in [0, 0.05) is 23.8 Å². The first-order valence-corrected chi connectivity index (χ1v) is 6.87. The predicted octanol–water partition coefficient (Wildman–Crippen LogP) is 1.60. The van der Waals surface area contributed by atoms with Crippen molar-refractivity contribution in [2.24, 2.45) is 0 Å². The quantitative estimate of drug-likeness (QED) is 0.901. The number of hydrogen-bond donors (Lipinski definition) is 1. The van der Waals surface area contributed by atoms with Crippen molar-refractivity contribution in [2.45, 2.75) is 12.5 Å². The lowest BCUT2D eigenvalue weighted by Gasteiger charge is -2.34. The summed E-state index contributed by atoms with van der Waals surface area (Å²) < 4.78 is 0. The Morgan fingerprint density at radius 3 is 3.05 bits per heavy atom. The molecule has 3 heterocycles. The van der Waals surface area contributed by atoms with Crippen LogP contribution in [0.5, 0.6) is 0 Å². The van der Waals surface area contributed by atoms with Crippen LogP contribution in [-0.2, 0) is 11.2 Å². The molecule has 0 aromatic carbocycles. The van der Waals surface area contributed by atoms with Gasteiger partial charge in [-0.2, -0.15) is 5.26 Å². The van der Waals surface area contributed by atoms with E-state index in [0.29, 0.717) is 12.4 Å². The predicted molar refractivity (Wildman–Crippen MR) is 72.5 cm³/mol. The molecule has 6 nitrogen and oxygen atoms in total.